The SMILES string of the molecule is C[C@H]1NP(=O)(c2ccccc2)c2ccccc21. The van der Waals surface area contributed by atoms with Crippen LogP contribution in [-0.2, 0) is 4.57 Å². The molecule has 0 spiro atoms. The van der Waals surface area contributed by atoms with Gasteiger partial charge in [-0.3, -0.25) is 9.65 Å². The highest BCUT2D eigenvalue weighted by Crippen LogP contribution is 2.48. The highest BCUT2D eigenvalue weighted by atomic mass is 31.2. The lowest BCUT2D eigenvalue weighted by molar-refractivity contribution is 0.575. The molecule has 2 aromatic rings. The van der Waals surface area contributed by atoms with Crippen molar-refractivity contribution >= 4 is 17.9 Å². The lowest BCUT2D eigenvalue weighted by atomic mass is 10.1. The molecule has 2 atom stereocenters. The van der Waals surface area contributed by atoms with E-state index in [1.165, 1.54) is 0 Å². The first kappa shape index (κ1) is 10.8. The third-order valence-corrected chi connectivity index (χ3v) is 6.10. The highest BCUT2D eigenvalue weighted by molar-refractivity contribution is 7.77. The average Bonchev–Trinajstić information content (AvgIpc) is 2.65. The second kappa shape index (κ2) is 3.83. The van der Waals surface area contributed by atoms with E-state index in [9.17, 15) is 4.57 Å². The fraction of sp³-hybridized carbons (Fsp3) is 0.143. The zero-order chi connectivity index (χ0) is 11.9. The van der Waals surface area contributed by atoms with Crippen molar-refractivity contribution < 1.29 is 4.57 Å². The largest absolute Gasteiger partial charge is 0.296 e. The standard InChI is InChI=1S/C14H14NOP/c1-11-13-9-5-6-10-14(13)17(16,15-11)12-7-3-2-4-8-12/h2-11H,1H3,(H,15,16)/t11-,17?/m1/s1. The summed E-state index contributed by atoms with van der Waals surface area (Å²) in [5.74, 6) is 0. The van der Waals surface area contributed by atoms with E-state index in [-0.39, 0.29) is 6.04 Å². The molecule has 1 aliphatic rings. The van der Waals surface area contributed by atoms with Crippen LogP contribution in [0.3, 0.4) is 0 Å². The minimum absolute atomic E-state index is 0.150. The minimum Gasteiger partial charge on any atom is -0.296 e. The molecule has 1 aliphatic heterocycles. The molecule has 0 fully saturated rings. The van der Waals surface area contributed by atoms with Gasteiger partial charge in [-0.15, -0.1) is 0 Å². The maximum atomic E-state index is 13.1. The van der Waals surface area contributed by atoms with Crippen molar-refractivity contribution in [3.8, 4) is 0 Å². The van der Waals surface area contributed by atoms with Gasteiger partial charge < -0.3 is 0 Å². The minimum atomic E-state index is -2.62. The summed E-state index contributed by atoms with van der Waals surface area (Å²) in [5.41, 5.74) is 1.15. The van der Waals surface area contributed by atoms with Crippen LogP contribution in [0, 0.1) is 0 Å². The molecule has 2 aromatic carbocycles. The van der Waals surface area contributed by atoms with Gasteiger partial charge in [0.2, 0.25) is 7.29 Å². The van der Waals surface area contributed by atoms with Crippen LogP contribution < -0.4 is 15.7 Å². The Bertz CT molecular complexity index is 594. The van der Waals surface area contributed by atoms with Gasteiger partial charge in [-0.25, -0.2) is 0 Å². The van der Waals surface area contributed by atoms with Gasteiger partial charge in [0, 0.05) is 16.7 Å². The molecule has 0 bridgehead atoms. The van der Waals surface area contributed by atoms with Crippen LogP contribution in [-0.4, -0.2) is 0 Å². The maximum Gasteiger partial charge on any atom is 0.205 e. The topological polar surface area (TPSA) is 29.1 Å². The van der Waals surface area contributed by atoms with Crippen LogP contribution in [0.4, 0.5) is 0 Å². The fourth-order valence-electron chi connectivity index (χ4n) is 2.40. The van der Waals surface area contributed by atoms with Crippen molar-refractivity contribution in [2.24, 2.45) is 0 Å². The van der Waals surface area contributed by atoms with Crippen molar-refractivity contribution in [1.29, 1.82) is 0 Å². The van der Waals surface area contributed by atoms with Crippen molar-refractivity contribution in [2.45, 2.75) is 13.0 Å². The summed E-state index contributed by atoms with van der Waals surface area (Å²) >= 11 is 0. The molecule has 3 rings (SSSR count). The van der Waals surface area contributed by atoms with E-state index in [1.807, 2.05) is 48.5 Å². The van der Waals surface area contributed by atoms with Crippen molar-refractivity contribution in [3.05, 3.63) is 60.2 Å². The van der Waals surface area contributed by atoms with Crippen LogP contribution >= 0.6 is 7.29 Å². The molecule has 3 heteroatoms. The van der Waals surface area contributed by atoms with E-state index in [4.69, 9.17) is 0 Å². The first-order valence-electron chi connectivity index (χ1n) is 5.75. The van der Waals surface area contributed by atoms with Crippen LogP contribution in [0.15, 0.2) is 54.6 Å². The molecular weight excluding hydrogens is 229 g/mol. The Hall–Kier alpha value is -1.37. The van der Waals surface area contributed by atoms with Gasteiger partial charge in [-0.05, 0) is 30.7 Å². The molecule has 0 radical (unpaired) electrons. The summed E-state index contributed by atoms with van der Waals surface area (Å²) in [7, 11) is -2.62. The predicted molar refractivity (Wildman–Crippen MR) is 71.3 cm³/mol. The second-order valence-corrected chi connectivity index (χ2v) is 6.83. The molecular formula is C14H14NOP. The quantitative estimate of drug-likeness (QED) is 0.780. The Labute approximate surface area is 101 Å². The van der Waals surface area contributed by atoms with Crippen molar-refractivity contribution in [3.63, 3.8) is 0 Å². The van der Waals surface area contributed by atoms with E-state index in [2.05, 4.69) is 18.1 Å². The van der Waals surface area contributed by atoms with Gasteiger partial charge >= 0.3 is 0 Å². The predicted octanol–water partition coefficient (Wildman–Crippen LogP) is 2.58. The van der Waals surface area contributed by atoms with Gasteiger partial charge in [0.25, 0.3) is 0 Å². The number of hydrogen-bond donors (Lipinski definition) is 1. The van der Waals surface area contributed by atoms with E-state index >= 15 is 0 Å². The summed E-state index contributed by atoms with van der Waals surface area (Å²) in [4.78, 5) is 0. The number of hydrogen-bond acceptors (Lipinski definition) is 1. The number of rotatable bonds is 1. The number of nitrogens with one attached hydrogen (secondary N) is 1. The molecule has 1 N–H and O–H groups in total. The molecule has 2 nitrogen and oxygen atoms in total. The molecule has 0 saturated heterocycles. The molecule has 0 saturated carbocycles. The van der Waals surface area contributed by atoms with E-state index in [0.29, 0.717) is 0 Å². The normalized spacial score (nSPS) is 26.8. The van der Waals surface area contributed by atoms with Crippen LogP contribution in [0.2, 0.25) is 0 Å². The molecule has 86 valence electrons. The second-order valence-electron chi connectivity index (χ2n) is 4.35. The monoisotopic (exact) mass is 243 g/mol. The maximum absolute atomic E-state index is 13.1. The molecule has 1 unspecified atom stereocenters. The molecule has 17 heavy (non-hydrogen) atoms. The van der Waals surface area contributed by atoms with Crippen LogP contribution in [0.25, 0.3) is 0 Å². The zero-order valence-corrected chi connectivity index (χ0v) is 10.5. The Morgan fingerprint density at radius 1 is 1.00 bits per heavy atom. The van der Waals surface area contributed by atoms with Gasteiger partial charge in [0.1, 0.15) is 0 Å². The highest BCUT2D eigenvalue weighted by Gasteiger charge is 2.37. The summed E-state index contributed by atoms with van der Waals surface area (Å²) in [5, 5.41) is 5.11. The molecule has 1 heterocycles. The van der Waals surface area contributed by atoms with E-state index in [1.54, 1.807) is 0 Å². The Kier molecular flexibility index (Phi) is 2.43. The van der Waals surface area contributed by atoms with Gasteiger partial charge in [0.05, 0.1) is 0 Å². The summed E-state index contributed by atoms with van der Waals surface area (Å²) in [6.07, 6.45) is 0. The molecule has 0 amide bonds. The first-order valence-corrected chi connectivity index (χ1v) is 7.45. The summed E-state index contributed by atoms with van der Waals surface area (Å²) < 4.78 is 13.1. The summed E-state index contributed by atoms with van der Waals surface area (Å²) in [6.45, 7) is 2.06. The smallest absolute Gasteiger partial charge is 0.205 e. The van der Waals surface area contributed by atoms with Gasteiger partial charge in [-0.1, -0.05) is 36.4 Å². The van der Waals surface area contributed by atoms with Crippen molar-refractivity contribution in [2.75, 3.05) is 0 Å². The van der Waals surface area contributed by atoms with Gasteiger partial charge in [-0.2, -0.15) is 0 Å². The van der Waals surface area contributed by atoms with Crippen molar-refractivity contribution in [1.82, 2.24) is 5.09 Å². The number of benzene rings is 2. The van der Waals surface area contributed by atoms with E-state index < -0.39 is 7.29 Å². The number of fused-ring (bicyclic) bond motifs is 1. The van der Waals surface area contributed by atoms with Crippen LogP contribution in [0.1, 0.15) is 18.5 Å². The third-order valence-electron chi connectivity index (χ3n) is 3.24. The lowest BCUT2D eigenvalue weighted by Gasteiger charge is -2.14. The average molecular weight is 243 g/mol. The lowest BCUT2D eigenvalue weighted by Crippen LogP contribution is -2.20. The fourth-order valence-corrected chi connectivity index (χ4v) is 5.17. The van der Waals surface area contributed by atoms with E-state index in [0.717, 1.165) is 16.2 Å². The summed E-state index contributed by atoms with van der Waals surface area (Å²) in [6, 6.07) is 17.8. The zero-order valence-electron chi connectivity index (χ0n) is 9.63. The Balaban J connectivity index is 2.22. The molecule has 0 aromatic heterocycles. The first-order chi connectivity index (χ1) is 8.22. The molecule has 0 aliphatic carbocycles. The van der Waals surface area contributed by atoms with Gasteiger partial charge in [0.15, 0.2) is 0 Å². The Morgan fingerprint density at radius 3 is 2.41 bits per heavy atom. The Morgan fingerprint density at radius 2 is 1.65 bits per heavy atom. The van der Waals surface area contributed by atoms with Crippen LogP contribution in [0.5, 0.6) is 0 Å². The third kappa shape index (κ3) is 1.56.